The van der Waals surface area contributed by atoms with Gasteiger partial charge in [0.05, 0.1) is 7.11 Å². The molecule has 2 heterocycles. The van der Waals surface area contributed by atoms with E-state index in [9.17, 15) is 9.59 Å². The number of esters is 1. The number of ether oxygens (including phenoxy) is 1. The maximum absolute atomic E-state index is 12.2. The van der Waals surface area contributed by atoms with Crippen molar-refractivity contribution in [2.24, 2.45) is 7.05 Å². The lowest BCUT2D eigenvalue weighted by molar-refractivity contribution is -0.142. The van der Waals surface area contributed by atoms with Crippen molar-refractivity contribution in [2.45, 2.75) is 13.0 Å². The van der Waals surface area contributed by atoms with Gasteiger partial charge in [-0.25, -0.2) is 19.7 Å². The highest BCUT2D eigenvalue weighted by Crippen LogP contribution is 2.16. The van der Waals surface area contributed by atoms with Gasteiger partial charge in [0.2, 0.25) is 0 Å². The number of imidazole rings is 1. The molecule has 0 saturated heterocycles. The zero-order chi connectivity index (χ0) is 15.4. The van der Waals surface area contributed by atoms with Crippen LogP contribution in [-0.2, 0) is 16.6 Å². The lowest BCUT2D eigenvalue weighted by atomic mass is 10.2. The van der Waals surface area contributed by atoms with E-state index >= 15 is 0 Å². The van der Waals surface area contributed by atoms with E-state index in [0.29, 0.717) is 11.5 Å². The summed E-state index contributed by atoms with van der Waals surface area (Å²) in [4.78, 5) is 35.9. The van der Waals surface area contributed by atoms with Gasteiger partial charge in [0, 0.05) is 31.8 Å². The number of carbonyl (C=O) groups excluding carboxylic acids is 2. The summed E-state index contributed by atoms with van der Waals surface area (Å²) in [5.74, 6) is -0.538. The number of carbonyl (C=O) groups is 2. The van der Waals surface area contributed by atoms with Crippen molar-refractivity contribution in [2.75, 3.05) is 7.11 Å². The first kappa shape index (κ1) is 14.6. The molecule has 0 fully saturated rings. The largest absolute Gasteiger partial charge is 0.467 e. The summed E-state index contributed by atoms with van der Waals surface area (Å²) < 4.78 is 6.29. The topological polar surface area (TPSA) is 99.0 Å². The second-order valence-electron chi connectivity index (χ2n) is 4.33. The van der Waals surface area contributed by atoms with E-state index in [-0.39, 0.29) is 5.69 Å². The number of hydrogen-bond acceptors (Lipinski definition) is 6. The molecule has 8 nitrogen and oxygen atoms in total. The number of aromatic nitrogens is 4. The number of amides is 1. The second-order valence-corrected chi connectivity index (χ2v) is 4.33. The van der Waals surface area contributed by atoms with Crippen molar-refractivity contribution in [1.29, 1.82) is 0 Å². The Morgan fingerprint density at radius 3 is 2.57 bits per heavy atom. The van der Waals surface area contributed by atoms with Crippen LogP contribution in [0.3, 0.4) is 0 Å². The molecule has 0 bridgehead atoms. The van der Waals surface area contributed by atoms with Crippen molar-refractivity contribution < 1.29 is 14.3 Å². The fourth-order valence-corrected chi connectivity index (χ4v) is 1.76. The maximum atomic E-state index is 12.2. The Kier molecular flexibility index (Phi) is 4.27. The normalized spacial score (nSPS) is 11.8. The fourth-order valence-electron chi connectivity index (χ4n) is 1.76. The Morgan fingerprint density at radius 2 is 1.95 bits per heavy atom. The highest BCUT2D eigenvalue weighted by Gasteiger charge is 2.22. The van der Waals surface area contributed by atoms with Crippen LogP contribution in [0.2, 0.25) is 0 Å². The number of rotatable bonds is 4. The van der Waals surface area contributed by atoms with E-state index < -0.39 is 17.9 Å². The van der Waals surface area contributed by atoms with Gasteiger partial charge in [-0.15, -0.1) is 0 Å². The van der Waals surface area contributed by atoms with E-state index in [4.69, 9.17) is 0 Å². The molecule has 0 radical (unpaired) electrons. The predicted molar refractivity (Wildman–Crippen MR) is 73.2 cm³/mol. The second kappa shape index (κ2) is 6.12. The summed E-state index contributed by atoms with van der Waals surface area (Å²) in [7, 11) is 3.04. The number of methoxy groups -OCH3 is 1. The molecule has 1 atom stereocenters. The Balaban J connectivity index is 2.31. The maximum Gasteiger partial charge on any atom is 0.328 e. The van der Waals surface area contributed by atoms with Gasteiger partial charge in [-0.2, -0.15) is 0 Å². The first-order chi connectivity index (χ1) is 10.0. The Bertz CT molecular complexity index is 667. The number of aryl methyl sites for hydroxylation is 1. The zero-order valence-electron chi connectivity index (χ0n) is 11.9. The molecule has 1 N–H and O–H groups in total. The molecule has 0 spiro atoms. The molecule has 0 aliphatic heterocycles. The average molecular weight is 289 g/mol. The van der Waals surface area contributed by atoms with Crippen LogP contribution in [-0.4, -0.2) is 44.5 Å². The summed E-state index contributed by atoms with van der Waals surface area (Å²) >= 11 is 0. The summed E-state index contributed by atoms with van der Waals surface area (Å²) in [5, 5.41) is 2.52. The zero-order valence-corrected chi connectivity index (χ0v) is 11.9. The van der Waals surface area contributed by atoms with E-state index in [1.165, 1.54) is 26.4 Å². The minimum absolute atomic E-state index is 0.0996. The summed E-state index contributed by atoms with van der Waals surface area (Å²) in [6.45, 7) is 1.53. The SMILES string of the molecule is COC(=O)C(C)NC(=O)c1nccnc1-c1nccn1C. The van der Waals surface area contributed by atoms with Crippen LogP contribution in [0, 0.1) is 0 Å². The van der Waals surface area contributed by atoms with Gasteiger partial charge in [-0.3, -0.25) is 4.79 Å². The average Bonchev–Trinajstić information content (AvgIpc) is 2.92. The minimum Gasteiger partial charge on any atom is -0.467 e. The van der Waals surface area contributed by atoms with E-state index in [1.54, 1.807) is 24.0 Å². The summed E-state index contributed by atoms with van der Waals surface area (Å²) in [6, 6.07) is -0.779. The van der Waals surface area contributed by atoms with Gasteiger partial charge >= 0.3 is 5.97 Å². The van der Waals surface area contributed by atoms with Crippen LogP contribution in [0.4, 0.5) is 0 Å². The van der Waals surface area contributed by atoms with Gasteiger partial charge in [-0.1, -0.05) is 0 Å². The molecule has 1 amide bonds. The third-order valence-corrected chi connectivity index (χ3v) is 2.85. The van der Waals surface area contributed by atoms with E-state index in [1.807, 2.05) is 0 Å². The van der Waals surface area contributed by atoms with Gasteiger partial charge in [-0.05, 0) is 6.92 Å². The molecule has 0 aromatic carbocycles. The smallest absolute Gasteiger partial charge is 0.328 e. The monoisotopic (exact) mass is 289 g/mol. The van der Waals surface area contributed by atoms with Gasteiger partial charge in [0.15, 0.2) is 11.5 Å². The third-order valence-electron chi connectivity index (χ3n) is 2.85. The molecule has 0 aliphatic rings. The van der Waals surface area contributed by atoms with Crippen molar-refractivity contribution in [1.82, 2.24) is 24.8 Å². The van der Waals surface area contributed by atoms with Crippen LogP contribution < -0.4 is 5.32 Å². The van der Waals surface area contributed by atoms with Crippen molar-refractivity contribution >= 4 is 11.9 Å². The van der Waals surface area contributed by atoms with Crippen LogP contribution in [0.1, 0.15) is 17.4 Å². The van der Waals surface area contributed by atoms with E-state index in [0.717, 1.165) is 0 Å². The van der Waals surface area contributed by atoms with Crippen LogP contribution in [0.5, 0.6) is 0 Å². The first-order valence-electron chi connectivity index (χ1n) is 6.22. The van der Waals surface area contributed by atoms with Crippen molar-refractivity contribution in [3.8, 4) is 11.5 Å². The van der Waals surface area contributed by atoms with Crippen molar-refractivity contribution in [3.05, 3.63) is 30.5 Å². The summed E-state index contributed by atoms with van der Waals surface area (Å²) in [6.07, 6.45) is 6.22. The molecule has 2 aromatic rings. The number of nitrogens with one attached hydrogen (secondary N) is 1. The van der Waals surface area contributed by atoms with Gasteiger partial charge < -0.3 is 14.6 Å². The molecule has 2 aromatic heterocycles. The standard InChI is InChI=1S/C13H15N5O3/c1-8(13(20)21-3)17-12(19)10-9(14-4-5-15-10)11-16-6-7-18(11)2/h4-8H,1-3H3,(H,17,19). The summed E-state index contributed by atoms with van der Waals surface area (Å²) in [5.41, 5.74) is 0.446. The predicted octanol–water partition coefficient (Wildman–Crippen LogP) is 0.168. The molecule has 2 rings (SSSR count). The number of hydrogen-bond donors (Lipinski definition) is 1. The number of nitrogens with zero attached hydrogens (tertiary/aromatic N) is 4. The Hall–Kier alpha value is -2.77. The molecule has 110 valence electrons. The molecule has 8 heteroatoms. The van der Waals surface area contributed by atoms with Crippen LogP contribution >= 0.6 is 0 Å². The van der Waals surface area contributed by atoms with Crippen molar-refractivity contribution in [3.63, 3.8) is 0 Å². The molecule has 1 unspecified atom stereocenters. The molecule has 21 heavy (non-hydrogen) atoms. The lowest BCUT2D eigenvalue weighted by Gasteiger charge is -2.12. The third kappa shape index (κ3) is 3.04. The van der Waals surface area contributed by atoms with E-state index in [2.05, 4.69) is 25.0 Å². The first-order valence-corrected chi connectivity index (χ1v) is 6.22. The highest BCUT2D eigenvalue weighted by atomic mass is 16.5. The molecule has 0 aliphatic carbocycles. The Labute approximate surface area is 121 Å². The Morgan fingerprint density at radius 1 is 1.24 bits per heavy atom. The molecule has 0 saturated carbocycles. The molecular weight excluding hydrogens is 274 g/mol. The van der Waals surface area contributed by atoms with Crippen LogP contribution in [0.25, 0.3) is 11.5 Å². The highest BCUT2D eigenvalue weighted by molar-refractivity contribution is 5.99. The quantitative estimate of drug-likeness (QED) is 0.805. The van der Waals surface area contributed by atoms with Crippen LogP contribution in [0.15, 0.2) is 24.8 Å². The fraction of sp³-hybridized carbons (Fsp3) is 0.308. The minimum atomic E-state index is -0.779. The van der Waals surface area contributed by atoms with Gasteiger partial charge in [0.1, 0.15) is 11.7 Å². The lowest BCUT2D eigenvalue weighted by Crippen LogP contribution is -2.39. The molecular formula is C13H15N5O3. The van der Waals surface area contributed by atoms with Gasteiger partial charge in [0.25, 0.3) is 5.91 Å².